The molecule has 0 bridgehead atoms. The SMILES string of the molecule is CC1CC(NC(=O)N2CCC[C@H](C(=O)O)C2)C1. The average Bonchev–Trinajstić information content (AvgIpc) is 2.27. The Kier molecular flexibility index (Phi) is 3.54. The summed E-state index contributed by atoms with van der Waals surface area (Å²) in [6.45, 7) is 3.20. The molecule has 17 heavy (non-hydrogen) atoms. The number of aliphatic carboxylic acids is 1. The van der Waals surface area contributed by atoms with E-state index in [2.05, 4.69) is 12.2 Å². The zero-order valence-corrected chi connectivity index (χ0v) is 10.2. The third kappa shape index (κ3) is 2.90. The second-order valence-electron chi connectivity index (χ2n) is 5.35. The maximum absolute atomic E-state index is 11.9. The largest absolute Gasteiger partial charge is 0.481 e. The van der Waals surface area contributed by atoms with Gasteiger partial charge < -0.3 is 15.3 Å². The number of likely N-dealkylation sites (tertiary alicyclic amines) is 1. The van der Waals surface area contributed by atoms with Crippen molar-refractivity contribution in [3.63, 3.8) is 0 Å². The Labute approximate surface area is 101 Å². The molecule has 0 spiro atoms. The number of hydrogen-bond donors (Lipinski definition) is 2. The molecule has 0 aromatic heterocycles. The number of nitrogens with one attached hydrogen (secondary N) is 1. The van der Waals surface area contributed by atoms with Crippen LogP contribution in [0.5, 0.6) is 0 Å². The molecule has 0 radical (unpaired) electrons. The zero-order chi connectivity index (χ0) is 12.4. The highest BCUT2D eigenvalue weighted by Gasteiger charge is 2.31. The predicted octanol–water partition coefficient (Wildman–Crippen LogP) is 1.29. The number of piperidine rings is 1. The molecule has 2 fully saturated rings. The van der Waals surface area contributed by atoms with Crippen molar-refractivity contribution in [2.45, 2.75) is 38.6 Å². The number of carboxylic acid groups (broad SMARTS) is 1. The molecule has 2 aliphatic rings. The van der Waals surface area contributed by atoms with E-state index in [0.29, 0.717) is 31.5 Å². The first kappa shape index (κ1) is 12.2. The van der Waals surface area contributed by atoms with Crippen LogP contribution >= 0.6 is 0 Å². The first-order valence-electron chi connectivity index (χ1n) is 6.34. The Morgan fingerprint density at radius 3 is 2.65 bits per heavy atom. The van der Waals surface area contributed by atoms with E-state index in [4.69, 9.17) is 5.11 Å². The molecule has 0 aromatic rings. The van der Waals surface area contributed by atoms with Gasteiger partial charge in [0, 0.05) is 19.1 Å². The van der Waals surface area contributed by atoms with Gasteiger partial charge in [-0.3, -0.25) is 4.79 Å². The van der Waals surface area contributed by atoms with E-state index in [1.165, 1.54) is 0 Å². The van der Waals surface area contributed by atoms with Gasteiger partial charge in [0.2, 0.25) is 0 Å². The summed E-state index contributed by atoms with van der Waals surface area (Å²) >= 11 is 0. The summed E-state index contributed by atoms with van der Waals surface area (Å²) in [5.41, 5.74) is 0. The third-order valence-electron chi connectivity index (χ3n) is 3.76. The lowest BCUT2D eigenvalue weighted by Gasteiger charge is -2.37. The molecular formula is C12H20N2O3. The number of urea groups is 1. The van der Waals surface area contributed by atoms with Gasteiger partial charge in [-0.25, -0.2) is 4.79 Å². The lowest BCUT2D eigenvalue weighted by molar-refractivity contribution is -0.143. The molecule has 0 unspecified atom stereocenters. The Balaban J connectivity index is 1.80. The van der Waals surface area contributed by atoms with Crippen LogP contribution in [0.1, 0.15) is 32.6 Å². The fraction of sp³-hybridized carbons (Fsp3) is 0.833. The van der Waals surface area contributed by atoms with Crippen LogP contribution in [0.4, 0.5) is 4.79 Å². The molecule has 0 aromatic carbocycles. The molecule has 1 aliphatic heterocycles. The Morgan fingerprint density at radius 2 is 2.06 bits per heavy atom. The third-order valence-corrected chi connectivity index (χ3v) is 3.76. The number of hydrogen-bond acceptors (Lipinski definition) is 2. The van der Waals surface area contributed by atoms with E-state index in [-0.39, 0.29) is 6.03 Å². The standard InChI is InChI=1S/C12H20N2O3/c1-8-5-10(6-8)13-12(17)14-4-2-3-9(7-14)11(15)16/h8-10H,2-7H2,1H3,(H,13,17)(H,15,16)/t8?,9-,10?/m0/s1. The van der Waals surface area contributed by atoms with Crippen molar-refractivity contribution in [2.24, 2.45) is 11.8 Å². The predicted molar refractivity (Wildman–Crippen MR) is 62.7 cm³/mol. The van der Waals surface area contributed by atoms with Crippen LogP contribution in [0.15, 0.2) is 0 Å². The molecule has 2 rings (SSSR count). The maximum Gasteiger partial charge on any atom is 0.317 e. The quantitative estimate of drug-likeness (QED) is 0.764. The van der Waals surface area contributed by atoms with Crippen molar-refractivity contribution >= 4 is 12.0 Å². The molecule has 5 heteroatoms. The Bertz CT molecular complexity index is 313. The van der Waals surface area contributed by atoms with Crippen molar-refractivity contribution in [3.8, 4) is 0 Å². The van der Waals surface area contributed by atoms with Crippen LogP contribution in [-0.2, 0) is 4.79 Å². The second kappa shape index (κ2) is 4.94. The zero-order valence-electron chi connectivity index (χ0n) is 10.2. The molecule has 1 saturated carbocycles. The molecule has 1 atom stereocenters. The smallest absolute Gasteiger partial charge is 0.317 e. The van der Waals surface area contributed by atoms with Crippen molar-refractivity contribution in [1.29, 1.82) is 0 Å². The number of amides is 2. The van der Waals surface area contributed by atoms with Gasteiger partial charge in [-0.2, -0.15) is 0 Å². The highest BCUT2D eigenvalue weighted by atomic mass is 16.4. The summed E-state index contributed by atoms with van der Waals surface area (Å²) in [5.74, 6) is -0.483. The summed E-state index contributed by atoms with van der Waals surface area (Å²) in [6, 6.07) is 0.204. The highest BCUT2D eigenvalue weighted by Crippen LogP contribution is 2.26. The van der Waals surface area contributed by atoms with E-state index >= 15 is 0 Å². The number of nitrogens with zero attached hydrogens (tertiary/aromatic N) is 1. The topological polar surface area (TPSA) is 69.6 Å². The van der Waals surface area contributed by atoms with Crippen LogP contribution in [0, 0.1) is 11.8 Å². The summed E-state index contributed by atoms with van der Waals surface area (Å²) < 4.78 is 0. The minimum Gasteiger partial charge on any atom is -0.481 e. The van der Waals surface area contributed by atoms with Crippen LogP contribution in [0.25, 0.3) is 0 Å². The normalized spacial score (nSPS) is 32.8. The molecule has 1 saturated heterocycles. The summed E-state index contributed by atoms with van der Waals surface area (Å²) in [5, 5.41) is 11.9. The van der Waals surface area contributed by atoms with Crippen LogP contribution in [0.3, 0.4) is 0 Å². The van der Waals surface area contributed by atoms with Gasteiger partial charge in [0.1, 0.15) is 0 Å². The summed E-state index contributed by atoms with van der Waals surface area (Å²) in [4.78, 5) is 24.4. The molecule has 96 valence electrons. The lowest BCUT2D eigenvalue weighted by atomic mass is 9.82. The van der Waals surface area contributed by atoms with Gasteiger partial charge in [0.05, 0.1) is 5.92 Å². The first-order valence-corrected chi connectivity index (χ1v) is 6.34. The van der Waals surface area contributed by atoms with Gasteiger partial charge in [-0.05, 0) is 31.6 Å². The molecule has 1 aliphatic carbocycles. The van der Waals surface area contributed by atoms with Crippen molar-refractivity contribution < 1.29 is 14.7 Å². The maximum atomic E-state index is 11.9. The van der Waals surface area contributed by atoms with Gasteiger partial charge in [-0.1, -0.05) is 6.92 Å². The molecule has 2 amide bonds. The lowest BCUT2D eigenvalue weighted by Crippen LogP contribution is -2.52. The number of carbonyl (C=O) groups is 2. The average molecular weight is 240 g/mol. The number of rotatable bonds is 2. The van der Waals surface area contributed by atoms with E-state index in [9.17, 15) is 9.59 Å². The van der Waals surface area contributed by atoms with Gasteiger partial charge in [0.15, 0.2) is 0 Å². The number of carbonyl (C=O) groups excluding carboxylic acids is 1. The monoisotopic (exact) mass is 240 g/mol. The van der Waals surface area contributed by atoms with Gasteiger partial charge in [0.25, 0.3) is 0 Å². The summed E-state index contributed by atoms with van der Waals surface area (Å²) in [7, 11) is 0. The van der Waals surface area contributed by atoms with Crippen LogP contribution in [0.2, 0.25) is 0 Å². The molecule has 5 nitrogen and oxygen atoms in total. The van der Waals surface area contributed by atoms with Gasteiger partial charge >= 0.3 is 12.0 Å². The summed E-state index contributed by atoms with van der Waals surface area (Å²) in [6.07, 6.45) is 3.55. The molecule has 2 N–H and O–H groups in total. The first-order chi connectivity index (χ1) is 8.06. The minimum absolute atomic E-state index is 0.0900. The highest BCUT2D eigenvalue weighted by molar-refractivity contribution is 5.76. The Hall–Kier alpha value is -1.26. The fourth-order valence-corrected chi connectivity index (χ4v) is 2.65. The number of carboxylic acids is 1. The molecular weight excluding hydrogens is 220 g/mol. The van der Waals surface area contributed by atoms with E-state index < -0.39 is 11.9 Å². The van der Waals surface area contributed by atoms with E-state index in [1.54, 1.807) is 4.90 Å². The van der Waals surface area contributed by atoms with Crippen molar-refractivity contribution in [3.05, 3.63) is 0 Å². The van der Waals surface area contributed by atoms with Gasteiger partial charge in [-0.15, -0.1) is 0 Å². The fourth-order valence-electron chi connectivity index (χ4n) is 2.65. The van der Waals surface area contributed by atoms with Crippen molar-refractivity contribution in [2.75, 3.05) is 13.1 Å². The van der Waals surface area contributed by atoms with E-state index in [0.717, 1.165) is 19.3 Å². The van der Waals surface area contributed by atoms with Crippen LogP contribution in [-0.4, -0.2) is 41.1 Å². The van der Waals surface area contributed by atoms with E-state index in [1.807, 2.05) is 0 Å². The van der Waals surface area contributed by atoms with Crippen LogP contribution < -0.4 is 5.32 Å². The minimum atomic E-state index is -0.792. The van der Waals surface area contributed by atoms with Crippen molar-refractivity contribution in [1.82, 2.24) is 10.2 Å². The molecule has 1 heterocycles. The second-order valence-corrected chi connectivity index (χ2v) is 5.35. The Morgan fingerprint density at radius 1 is 1.35 bits per heavy atom.